The minimum Gasteiger partial charge on any atom is -0.0734 e. The molecule has 0 N–H and O–H groups in total. The van der Waals surface area contributed by atoms with E-state index in [1.54, 1.807) is 10.4 Å². The van der Waals surface area contributed by atoms with Crippen LogP contribution in [0.4, 0.5) is 0 Å². The fourth-order valence-electron chi connectivity index (χ4n) is 4.70. The maximum atomic E-state index is 2.64. The van der Waals surface area contributed by atoms with E-state index in [4.69, 9.17) is 0 Å². The minimum absolute atomic E-state index is 0.858. The molecule has 23 heavy (non-hydrogen) atoms. The van der Waals surface area contributed by atoms with Gasteiger partial charge in [0.05, 0.1) is 0 Å². The van der Waals surface area contributed by atoms with Crippen LogP contribution in [-0.2, 0) is 0 Å². The Kier molecular flexibility index (Phi) is 5.07. The molecule has 0 nitrogen and oxygen atoms in total. The molecule has 0 heterocycles. The molecule has 0 fully saturated rings. The van der Waals surface area contributed by atoms with E-state index in [9.17, 15) is 0 Å². The number of hydrogen-bond acceptors (Lipinski definition) is 0. The molecule has 2 aromatic carbocycles. The average molecular weight is 341 g/mol. The fourth-order valence-corrected chi connectivity index (χ4v) is 15.9. The molecule has 0 unspecified atom stereocenters. The zero-order valence-corrected chi connectivity index (χ0v) is 18.5. The molecule has 0 aliphatic heterocycles. The molecule has 0 aromatic heterocycles. The van der Waals surface area contributed by atoms with Gasteiger partial charge in [-0.3, -0.25) is 0 Å². The predicted octanol–water partition coefficient (Wildman–Crippen LogP) is 4.30. The van der Waals surface area contributed by atoms with E-state index in [-0.39, 0.29) is 0 Å². The first kappa shape index (κ1) is 18.2. The Labute approximate surface area is 145 Å². The largest absolute Gasteiger partial charge is 0.105 e. The summed E-state index contributed by atoms with van der Waals surface area (Å²) in [5.41, 5.74) is 8.83. The molecule has 124 valence electrons. The van der Waals surface area contributed by atoms with Gasteiger partial charge in [0.2, 0.25) is 0 Å². The van der Waals surface area contributed by atoms with Gasteiger partial charge in [-0.15, -0.1) is 0 Å². The molecule has 0 bridgehead atoms. The SMILES string of the molecule is Cc1cc(C)c([Si](C)(c2c(C)cc(C)cc2C)[SiH](C)C)c(C)c1. The maximum absolute atomic E-state index is 2.64. The van der Waals surface area contributed by atoms with Crippen LogP contribution in [0.2, 0.25) is 19.6 Å². The monoisotopic (exact) mass is 340 g/mol. The summed E-state index contributed by atoms with van der Waals surface area (Å²) >= 11 is 0. The van der Waals surface area contributed by atoms with E-state index in [1.807, 2.05) is 0 Å². The van der Waals surface area contributed by atoms with E-state index in [0.29, 0.717) is 0 Å². The van der Waals surface area contributed by atoms with Crippen molar-refractivity contribution in [3.63, 3.8) is 0 Å². The first-order valence-electron chi connectivity index (χ1n) is 8.75. The lowest BCUT2D eigenvalue weighted by molar-refractivity contribution is 1.33. The number of benzene rings is 2. The predicted molar refractivity (Wildman–Crippen MR) is 111 cm³/mol. The summed E-state index contributed by atoms with van der Waals surface area (Å²) in [5.74, 6) is 0. The lowest BCUT2D eigenvalue weighted by Gasteiger charge is -2.37. The number of hydrogen-bond donors (Lipinski definition) is 0. The summed E-state index contributed by atoms with van der Waals surface area (Å²) in [7, 11) is -2.52. The number of aryl methyl sites for hydroxylation is 6. The van der Waals surface area contributed by atoms with Crippen LogP contribution in [0.3, 0.4) is 0 Å². The highest BCUT2D eigenvalue weighted by molar-refractivity contribution is 7.43. The van der Waals surface area contributed by atoms with Gasteiger partial charge in [0.15, 0.2) is 0 Å². The van der Waals surface area contributed by atoms with Crippen LogP contribution in [0, 0.1) is 41.5 Å². The summed E-state index contributed by atoms with van der Waals surface area (Å²) in [6.07, 6.45) is 0. The van der Waals surface area contributed by atoms with Crippen LogP contribution in [0.1, 0.15) is 33.4 Å². The van der Waals surface area contributed by atoms with Crippen molar-refractivity contribution < 1.29 is 0 Å². The zero-order valence-electron chi connectivity index (χ0n) is 16.4. The summed E-state index contributed by atoms with van der Waals surface area (Å²) in [6, 6.07) is 9.57. The van der Waals surface area contributed by atoms with Crippen LogP contribution in [0.25, 0.3) is 0 Å². The summed E-state index contributed by atoms with van der Waals surface area (Å²) in [6.45, 7) is 21.5. The van der Waals surface area contributed by atoms with Crippen LogP contribution >= 0.6 is 0 Å². The Hall–Kier alpha value is -1.13. The van der Waals surface area contributed by atoms with Gasteiger partial charge in [-0.2, -0.15) is 0 Å². The molecule has 2 rings (SSSR count). The fraction of sp³-hybridized carbons (Fsp3) is 0.429. The summed E-state index contributed by atoms with van der Waals surface area (Å²) < 4.78 is 0. The zero-order chi connectivity index (χ0) is 17.5. The van der Waals surface area contributed by atoms with E-state index >= 15 is 0 Å². The third kappa shape index (κ3) is 3.11. The molecular weight excluding hydrogens is 308 g/mol. The second kappa shape index (κ2) is 6.41. The van der Waals surface area contributed by atoms with E-state index < -0.39 is 15.9 Å². The summed E-state index contributed by atoms with van der Waals surface area (Å²) in [4.78, 5) is 0. The Morgan fingerprint density at radius 3 is 1.09 bits per heavy atom. The standard InChI is InChI=1S/C21H32Si2/c1-14-10-16(3)20(17(4)11-14)23(9,22(7)8)21-18(5)12-15(2)13-19(21)6/h10-13,22H,1-9H3. The van der Waals surface area contributed by atoms with Crippen LogP contribution < -0.4 is 10.4 Å². The smallest absolute Gasteiger partial charge is 0.0734 e. The highest BCUT2D eigenvalue weighted by atomic mass is 29.2. The van der Waals surface area contributed by atoms with E-state index in [2.05, 4.69) is 85.4 Å². The maximum Gasteiger partial charge on any atom is 0.105 e. The Balaban J connectivity index is 2.87. The normalized spacial score (nSPS) is 12.1. The lowest BCUT2D eigenvalue weighted by atomic mass is 10.1. The molecule has 0 aliphatic carbocycles. The van der Waals surface area contributed by atoms with Gasteiger partial charge in [0.1, 0.15) is 7.59 Å². The highest BCUT2D eigenvalue weighted by Gasteiger charge is 2.40. The average Bonchev–Trinajstić information content (AvgIpc) is 2.35. The molecule has 2 heteroatoms. The van der Waals surface area contributed by atoms with Gasteiger partial charge >= 0.3 is 0 Å². The molecule has 0 aliphatic rings. The van der Waals surface area contributed by atoms with Gasteiger partial charge in [-0.25, -0.2) is 0 Å². The lowest BCUT2D eigenvalue weighted by Crippen LogP contribution is -2.67. The molecule has 0 amide bonds. The van der Waals surface area contributed by atoms with E-state index in [0.717, 1.165) is 0 Å². The Morgan fingerprint density at radius 2 is 0.870 bits per heavy atom. The second-order valence-electron chi connectivity index (χ2n) is 7.90. The third-order valence-electron chi connectivity index (χ3n) is 5.55. The van der Waals surface area contributed by atoms with Crippen molar-refractivity contribution >= 4 is 26.3 Å². The van der Waals surface area contributed by atoms with Gasteiger partial charge in [-0.05, 0) is 41.5 Å². The van der Waals surface area contributed by atoms with Crippen molar-refractivity contribution in [2.45, 2.75) is 61.2 Å². The van der Waals surface area contributed by atoms with Crippen LogP contribution in [-0.4, -0.2) is 15.9 Å². The van der Waals surface area contributed by atoms with Gasteiger partial charge in [0.25, 0.3) is 0 Å². The minimum atomic E-state index is -1.66. The molecule has 0 atom stereocenters. The Bertz CT molecular complexity index is 638. The molecule has 2 aromatic rings. The molecule has 0 radical (unpaired) electrons. The summed E-state index contributed by atoms with van der Waals surface area (Å²) in [5, 5.41) is 3.42. The quantitative estimate of drug-likeness (QED) is 0.731. The van der Waals surface area contributed by atoms with Gasteiger partial charge < -0.3 is 0 Å². The van der Waals surface area contributed by atoms with Crippen molar-refractivity contribution in [1.82, 2.24) is 0 Å². The molecule has 0 spiro atoms. The van der Waals surface area contributed by atoms with Crippen molar-refractivity contribution in [3.05, 3.63) is 57.6 Å². The van der Waals surface area contributed by atoms with Crippen LogP contribution in [0.15, 0.2) is 24.3 Å². The van der Waals surface area contributed by atoms with E-state index in [1.165, 1.54) is 33.4 Å². The molecular formula is C21H32Si2. The third-order valence-corrected chi connectivity index (χ3v) is 20.2. The molecule has 0 saturated heterocycles. The Morgan fingerprint density at radius 1 is 0.609 bits per heavy atom. The molecule has 0 saturated carbocycles. The van der Waals surface area contributed by atoms with Crippen molar-refractivity contribution in [1.29, 1.82) is 0 Å². The van der Waals surface area contributed by atoms with Crippen molar-refractivity contribution in [2.24, 2.45) is 0 Å². The topological polar surface area (TPSA) is 0 Å². The van der Waals surface area contributed by atoms with Gasteiger partial charge in [-0.1, -0.05) is 87.7 Å². The van der Waals surface area contributed by atoms with Crippen LogP contribution in [0.5, 0.6) is 0 Å². The first-order chi connectivity index (χ1) is 10.6. The number of rotatable bonds is 3. The first-order valence-corrected chi connectivity index (χ1v) is 15.4. The van der Waals surface area contributed by atoms with Gasteiger partial charge in [0, 0.05) is 8.31 Å². The van der Waals surface area contributed by atoms with Crippen molar-refractivity contribution in [3.8, 4) is 0 Å². The highest BCUT2D eigenvalue weighted by Crippen LogP contribution is 2.20. The van der Waals surface area contributed by atoms with Crippen molar-refractivity contribution in [2.75, 3.05) is 0 Å². The second-order valence-corrected chi connectivity index (χ2v) is 20.5.